The molecule has 234 valence electrons. The van der Waals surface area contributed by atoms with Crippen LogP contribution in [0.5, 0.6) is 0 Å². The number of carbonyl (C=O) groups is 2. The van der Waals surface area contributed by atoms with E-state index in [0.29, 0.717) is 22.7 Å². The predicted molar refractivity (Wildman–Crippen MR) is 137 cm³/mol. The van der Waals surface area contributed by atoms with E-state index >= 15 is 0 Å². The third-order valence-corrected chi connectivity index (χ3v) is 6.52. The Balaban J connectivity index is 0.000000307. The number of aliphatic hydroxyl groups excluding tert-OH is 2. The Morgan fingerprint density at radius 3 is 1.31 bits per heavy atom. The SMILES string of the molecule is [CH2-][N+](/N=c1\[n-]c(C(F)(F)F)c(C#N)s1)=C1/C=CC(=O)C=C1O.[CH2-][N+](/N=c1\[n-]c(C(F)(F)F)c(C#N)s1)=C1/C=CC(=O)C=C1O.[Co+3]. The third kappa shape index (κ3) is 8.96. The van der Waals surface area contributed by atoms with E-state index in [1.54, 1.807) is 0 Å². The van der Waals surface area contributed by atoms with Gasteiger partial charge in [0.2, 0.25) is 0 Å². The Morgan fingerprint density at radius 1 is 0.733 bits per heavy atom. The van der Waals surface area contributed by atoms with E-state index in [-0.39, 0.29) is 37.8 Å². The number of ketones is 2. The zero-order chi connectivity index (χ0) is 33.0. The summed E-state index contributed by atoms with van der Waals surface area (Å²) in [7, 11) is 6.86. The number of alkyl halides is 6. The first-order chi connectivity index (χ1) is 20.4. The molecule has 0 fully saturated rings. The van der Waals surface area contributed by atoms with Crippen LogP contribution in [0.1, 0.15) is 21.1 Å². The van der Waals surface area contributed by atoms with Gasteiger partial charge in [0.25, 0.3) is 0 Å². The summed E-state index contributed by atoms with van der Waals surface area (Å²) < 4.78 is 77.6. The fraction of sp³-hybridized carbons (Fsp3) is 0.0833. The van der Waals surface area contributed by atoms with Crippen LogP contribution in [0.2, 0.25) is 0 Å². The van der Waals surface area contributed by atoms with Crippen molar-refractivity contribution >= 4 is 45.7 Å². The van der Waals surface area contributed by atoms with Crippen LogP contribution in [-0.2, 0) is 38.7 Å². The van der Waals surface area contributed by atoms with Crippen LogP contribution in [0, 0.1) is 36.8 Å². The van der Waals surface area contributed by atoms with E-state index in [1.165, 1.54) is 24.3 Å². The first-order valence-electron chi connectivity index (χ1n) is 11.1. The molecule has 2 aliphatic rings. The number of allylic oxidation sites excluding steroid dienone is 6. The molecule has 2 aromatic rings. The molecule has 0 bridgehead atoms. The Labute approximate surface area is 265 Å². The number of halogens is 6. The van der Waals surface area contributed by atoms with E-state index in [9.17, 15) is 46.1 Å². The van der Waals surface area contributed by atoms with Gasteiger partial charge in [-0.25, -0.2) is 10.2 Å². The molecule has 0 radical (unpaired) electrons. The molecule has 0 atom stereocenters. The second-order valence-corrected chi connectivity index (χ2v) is 9.82. The number of thiazole rings is 2. The van der Waals surface area contributed by atoms with Crippen LogP contribution in [0.25, 0.3) is 0 Å². The van der Waals surface area contributed by atoms with Crippen molar-refractivity contribution in [3.05, 3.63) is 92.8 Å². The Kier molecular flexibility index (Phi) is 11.3. The van der Waals surface area contributed by atoms with Gasteiger partial charge in [0.05, 0.1) is 21.0 Å². The van der Waals surface area contributed by atoms with E-state index in [2.05, 4.69) is 34.3 Å². The molecule has 2 heterocycles. The van der Waals surface area contributed by atoms with Crippen molar-refractivity contribution < 1.29 is 72.3 Å². The topological polar surface area (TPSA) is 181 Å². The van der Waals surface area contributed by atoms with Crippen LogP contribution in [0.4, 0.5) is 26.3 Å². The quantitative estimate of drug-likeness (QED) is 0.157. The molecule has 4 rings (SSSR count). The Bertz CT molecular complexity index is 1810. The molecule has 21 heteroatoms. The molecular weight excluding hydrogens is 701 g/mol. The van der Waals surface area contributed by atoms with Crippen LogP contribution >= 0.6 is 22.7 Å². The fourth-order valence-electron chi connectivity index (χ4n) is 3.00. The third-order valence-electron chi connectivity index (χ3n) is 4.83. The van der Waals surface area contributed by atoms with Gasteiger partial charge >= 0.3 is 29.1 Å². The maximum atomic E-state index is 12.7. The van der Waals surface area contributed by atoms with E-state index in [4.69, 9.17) is 10.5 Å². The van der Waals surface area contributed by atoms with Gasteiger partial charge in [-0.05, 0) is 12.2 Å². The van der Waals surface area contributed by atoms with Crippen molar-refractivity contribution in [2.24, 2.45) is 10.2 Å². The van der Waals surface area contributed by atoms with Gasteiger partial charge < -0.3 is 29.6 Å². The molecule has 0 aromatic carbocycles. The number of aliphatic hydroxyl groups is 2. The molecule has 12 nitrogen and oxygen atoms in total. The number of hydrogen-bond donors (Lipinski definition) is 2. The van der Waals surface area contributed by atoms with E-state index in [0.717, 1.165) is 33.7 Å². The summed E-state index contributed by atoms with van der Waals surface area (Å²) in [6.07, 6.45) is -3.05. The molecule has 0 aliphatic heterocycles. The zero-order valence-electron chi connectivity index (χ0n) is 21.6. The van der Waals surface area contributed by atoms with E-state index in [1.807, 2.05) is 0 Å². The summed E-state index contributed by atoms with van der Waals surface area (Å²) in [5.41, 5.74) is -2.65. The largest absolute Gasteiger partial charge is 3.00 e. The van der Waals surface area contributed by atoms with Crippen molar-refractivity contribution in [1.29, 1.82) is 10.5 Å². The van der Waals surface area contributed by atoms with Crippen molar-refractivity contribution in [1.82, 2.24) is 9.97 Å². The molecule has 0 saturated heterocycles. The van der Waals surface area contributed by atoms with Gasteiger partial charge in [-0.1, -0.05) is 12.2 Å². The minimum atomic E-state index is -4.77. The van der Waals surface area contributed by atoms with Gasteiger partial charge in [0, 0.05) is 26.2 Å². The van der Waals surface area contributed by atoms with Crippen molar-refractivity contribution in [2.45, 2.75) is 12.4 Å². The van der Waals surface area contributed by atoms with Gasteiger partial charge in [-0.3, -0.25) is 9.59 Å². The molecule has 45 heavy (non-hydrogen) atoms. The smallest absolute Gasteiger partial charge is 0.520 e. The van der Waals surface area contributed by atoms with Crippen LogP contribution in [0.15, 0.2) is 58.2 Å². The molecule has 2 aliphatic carbocycles. The normalized spacial score (nSPS) is 17.8. The predicted octanol–water partition coefficient (Wildman–Crippen LogP) is 2.47. The Hall–Kier alpha value is -5.09. The average Bonchev–Trinajstić information content (AvgIpc) is 3.52. The number of carbonyl (C=O) groups excluding carboxylic acids is 2. The first-order valence-corrected chi connectivity index (χ1v) is 12.7. The average molecular weight is 713 g/mol. The maximum absolute atomic E-state index is 12.7. The van der Waals surface area contributed by atoms with Gasteiger partial charge in [0.1, 0.15) is 44.8 Å². The number of aromatic nitrogens is 2. The summed E-state index contributed by atoms with van der Waals surface area (Å²) >= 11 is 0.869. The summed E-state index contributed by atoms with van der Waals surface area (Å²) in [6.45, 7) is 0. The van der Waals surface area contributed by atoms with Crippen molar-refractivity contribution in [2.75, 3.05) is 0 Å². The molecule has 2 aromatic heterocycles. The summed E-state index contributed by atoms with van der Waals surface area (Å²) in [4.78, 5) is 26.6. The molecule has 0 spiro atoms. The first kappa shape index (κ1) is 36.1. The monoisotopic (exact) mass is 713 g/mol. The second kappa shape index (κ2) is 14.1. The molecule has 0 saturated carbocycles. The number of hydrogen-bond acceptors (Lipinski definition) is 10. The molecular formula is C24H12CoF6N8O4S2+. The molecule has 0 amide bonds. The second-order valence-electron chi connectivity index (χ2n) is 7.87. The zero-order valence-corrected chi connectivity index (χ0v) is 24.3. The minimum Gasteiger partial charge on any atom is -0.520 e. The molecule has 0 unspecified atom stereocenters. The van der Waals surface area contributed by atoms with Gasteiger partial charge in [-0.15, -0.1) is 22.7 Å². The summed E-state index contributed by atoms with van der Waals surface area (Å²) in [5, 5.41) is 43.9. The van der Waals surface area contributed by atoms with Crippen LogP contribution in [0.3, 0.4) is 0 Å². The van der Waals surface area contributed by atoms with Gasteiger partial charge in [0.15, 0.2) is 11.6 Å². The van der Waals surface area contributed by atoms with Crippen LogP contribution < -0.4 is 19.6 Å². The minimum absolute atomic E-state index is 0. The summed E-state index contributed by atoms with van der Waals surface area (Å²) in [6, 6.07) is 2.80. The van der Waals surface area contributed by atoms with Crippen molar-refractivity contribution in [3.63, 3.8) is 0 Å². The van der Waals surface area contributed by atoms with Gasteiger partial charge in [-0.2, -0.15) is 36.9 Å². The summed E-state index contributed by atoms with van der Waals surface area (Å²) in [5.74, 6) is -1.76. The van der Waals surface area contributed by atoms with Crippen LogP contribution in [-0.4, -0.2) is 42.6 Å². The molecule has 2 N–H and O–H groups in total. The number of rotatable bonds is 2. The van der Waals surface area contributed by atoms with E-state index < -0.39 is 56.6 Å². The number of nitriles is 2. The maximum Gasteiger partial charge on any atom is 3.00 e. The standard InChI is InChI=1S/2C12H7F3N4O2S.Co/c2*1-19(7-3-2-6(20)4-8(7)21)18-11-17-10(12(13,14)15)9(5-16)22-11;/h2*2-4H,1H2,(H2,17,18,20,21);/q;;+3/p-2. The van der Waals surface area contributed by atoms with Crippen molar-refractivity contribution in [3.8, 4) is 12.1 Å². The Morgan fingerprint density at radius 2 is 1.07 bits per heavy atom. The number of nitrogens with zero attached hydrogens (tertiary/aromatic N) is 8. The fourth-order valence-corrected chi connectivity index (χ4v) is 4.52.